The van der Waals surface area contributed by atoms with E-state index in [1.165, 1.54) is 0 Å². The van der Waals surface area contributed by atoms with E-state index in [9.17, 15) is 0 Å². The van der Waals surface area contributed by atoms with E-state index < -0.39 is 30.5 Å². The summed E-state index contributed by atoms with van der Waals surface area (Å²) < 4.78 is 40.8. The topological polar surface area (TPSA) is 55.4 Å². The summed E-state index contributed by atoms with van der Waals surface area (Å²) in [6, 6.07) is 55.0. The van der Waals surface area contributed by atoms with Gasteiger partial charge in [0.25, 0.3) is 0 Å². The molecule has 0 bridgehead atoms. The van der Waals surface area contributed by atoms with Gasteiger partial charge in [-0.2, -0.15) is 0 Å². The van der Waals surface area contributed by atoms with Crippen LogP contribution in [-0.4, -0.2) is 37.6 Å². The predicted molar refractivity (Wildman–Crippen MR) is 225 cm³/mol. The highest BCUT2D eigenvalue weighted by molar-refractivity contribution is 6.32. The maximum atomic E-state index is 7.23. The molecule has 1 aliphatic heterocycles. The van der Waals surface area contributed by atoms with E-state index in [0.717, 1.165) is 38.9 Å². The average Bonchev–Trinajstić information content (AvgIpc) is 3.26. The second-order valence-corrected chi connectivity index (χ2v) is 14.5. The smallest absolute Gasteiger partial charge is 0.139 e. The molecule has 1 heterocycles. The van der Waals surface area contributed by atoms with E-state index in [-0.39, 0.29) is 6.61 Å². The number of benzene rings is 6. The minimum atomic E-state index is -0.616. The number of halogens is 1. The van der Waals surface area contributed by atoms with Crippen LogP contribution in [-0.2, 0) is 56.5 Å². The van der Waals surface area contributed by atoms with Crippen LogP contribution in [0.15, 0.2) is 176 Å². The van der Waals surface area contributed by atoms with Crippen molar-refractivity contribution in [3.05, 3.63) is 220 Å². The van der Waals surface area contributed by atoms with Crippen molar-refractivity contribution in [2.75, 3.05) is 13.2 Å². The molecule has 1 fully saturated rings. The van der Waals surface area contributed by atoms with Gasteiger partial charge in [-0.05, 0) is 51.4 Å². The second kappa shape index (κ2) is 20.9. The van der Waals surface area contributed by atoms with Crippen molar-refractivity contribution < 1.29 is 28.4 Å². The van der Waals surface area contributed by atoms with Gasteiger partial charge in [-0.25, -0.2) is 0 Å². The third kappa shape index (κ3) is 11.3. The van der Waals surface area contributed by atoms with Crippen LogP contribution in [0.3, 0.4) is 0 Å². The molecule has 0 saturated carbocycles. The SMILES string of the molecule is C=CCOc1cc(C2OC(COCc3ccccc3)C(OCc3ccccc3)C(OCc3ccccc3)C2OCc2ccccc2)cc(Cc2ccccc2)c1Cl. The summed E-state index contributed by atoms with van der Waals surface area (Å²) in [5.41, 5.74) is 7.07. The lowest BCUT2D eigenvalue weighted by Gasteiger charge is -2.46. The van der Waals surface area contributed by atoms with E-state index in [2.05, 4.69) is 73.3 Å². The molecular weight excluding hydrogens is 732 g/mol. The Morgan fingerprint density at radius 1 is 0.544 bits per heavy atom. The fourth-order valence-corrected chi connectivity index (χ4v) is 7.33. The van der Waals surface area contributed by atoms with Gasteiger partial charge in [-0.1, -0.05) is 182 Å². The van der Waals surface area contributed by atoms with Crippen molar-refractivity contribution in [2.24, 2.45) is 0 Å². The molecule has 7 heteroatoms. The van der Waals surface area contributed by atoms with E-state index in [1.54, 1.807) is 6.08 Å². The lowest BCUT2D eigenvalue weighted by molar-refractivity contribution is -0.275. The Labute approximate surface area is 341 Å². The summed E-state index contributed by atoms with van der Waals surface area (Å²) in [4.78, 5) is 0. The van der Waals surface area contributed by atoms with E-state index in [4.69, 9.17) is 40.0 Å². The molecule has 5 atom stereocenters. The molecule has 6 aromatic rings. The average molecular weight is 781 g/mol. The Kier molecular flexibility index (Phi) is 14.7. The highest BCUT2D eigenvalue weighted by atomic mass is 35.5. The zero-order valence-corrected chi connectivity index (χ0v) is 32.8. The Hall–Kier alpha value is -5.05. The number of hydrogen-bond acceptors (Lipinski definition) is 6. The molecule has 6 aromatic carbocycles. The van der Waals surface area contributed by atoms with Crippen LogP contribution in [0.5, 0.6) is 5.75 Å². The molecule has 57 heavy (non-hydrogen) atoms. The zero-order chi connectivity index (χ0) is 39.1. The maximum absolute atomic E-state index is 7.23. The molecule has 0 aliphatic carbocycles. The van der Waals surface area contributed by atoms with Crippen molar-refractivity contribution in [1.82, 2.24) is 0 Å². The van der Waals surface area contributed by atoms with Crippen molar-refractivity contribution in [1.29, 1.82) is 0 Å². The van der Waals surface area contributed by atoms with E-state index in [0.29, 0.717) is 50.2 Å². The lowest BCUT2D eigenvalue weighted by Crippen LogP contribution is -2.58. The van der Waals surface area contributed by atoms with Crippen LogP contribution in [0.1, 0.15) is 45.0 Å². The summed E-state index contributed by atoms with van der Waals surface area (Å²) in [5.74, 6) is 0.548. The standard InChI is InChI=1S/C50H49ClO6/c1-2-28-53-44-31-43(30-42(46(44)51)29-37-18-8-3-9-19-37)47-49(55-34-40-24-14-6-15-25-40)50(56-35-41-26-16-7-17-27-41)48(54-33-39-22-12-5-13-23-39)45(57-47)36-52-32-38-20-10-4-11-21-38/h2-27,30-31,45,47-50H,1,28-29,32-36H2. The molecule has 1 saturated heterocycles. The molecular formula is C50H49ClO6. The summed E-state index contributed by atoms with van der Waals surface area (Å²) in [5, 5.41) is 0.547. The first kappa shape index (κ1) is 40.2. The molecule has 0 amide bonds. The van der Waals surface area contributed by atoms with Gasteiger partial charge in [-0.3, -0.25) is 0 Å². The van der Waals surface area contributed by atoms with Gasteiger partial charge in [0.1, 0.15) is 42.9 Å². The minimum Gasteiger partial charge on any atom is -0.488 e. The molecule has 0 spiro atoms. The third-order valence-electron chi connectivity index (χ3n) is 9.94. The van der Waals surface area contributed by atoms with Gasteiger partial charge in [0, 0.05) is 0 Å². The van der Waals surface area contributed by atoms with Crippen molar-refractivity contribution in [3.63, 3.8) is 0 Å². The van der Waals surface area contributed by atoms with Crippen LogP contribution >= 0.6 is 11.6 Å². The van der Waals surface area contributed by atoms with Gasteiger partial charge in [-0.15, -0.1) is 0 Å². The molecule has 6 nitrogen and oxygen atoms in total. The van der Waals surface area contributed by atoms with Crippen molar-refractivity contribution >= 4 is 11.6 Å². The molecule has 0 N–H and O–H groups in total. The number of rotatable bonds is 19. The Morgan fingerprint density at radius 2 is 1.00 bits per heavy atom. The highest BCUT2D eigenvalue weighted by Gasteiger charge is 2.49. The largest absolute Gasteiger partial charge is 0.488 e. The first-order chi connectivity index (χ1) is 28.1. The first-order valence-electron chi connectivity index (χ1n) is 19.5. The first-order valence-corrected chi connectivity index (χ1v) is 19.9. The molecule has 5 unspecified atom stereocenters. The fraction of sp³-hybridized carbons (Fsp3) is 0.240. The quantitative estimate of drug-likeness (QED) is 0.0763. The monoisotopic (exact) mass is 780 g/mol. The molecule has 0 aromatic heterocycles. The number of hydrogen-bond donors (Lipinski definition) is 0. The van der Waals surface area contributed by atoms with Crippen LogP contribution in [0.4, 0.5) is 0 Å². The third-order valence-corrected chi connectivity index (χ3v) is 10.4. The lowest BCUT2D eigenvalue weighted by atomic mass is 9.89. The Bertz CT molecular complexity index is 2080. The van der Waals surface area contributed by atoms with Crippen molar-refractivity contribution in [3.8, 4) is 5.75 Å². The summed E-state index contributed by atoms with van der Waals surface area (Å²) >= 11 is 7.11. The van der Waals surface area contributed by atoms with Gasteiger partial charge < -0.3 is 28.4 Å². The van der Waals surface area contributed by atoms with Gasteiger partial charge in [0.2, 0.25) is 0 Å². The Morgan fingerprint density at radius 3 is 1.51 bits per heavy atom. The maximum Gasteiger partial charge on any atom is 0.139 e. The molecule has 292 valence electrons. The minimum absolute atomic E-state index is 0.256. The predicted octanol–water partition coefficient (Wildman–Crippen LogP) is 10.9. The molecule has 0 radical (unpaired) electrons. The van der Waals surface area contributed by atoms with Gasteiger partial charge in [0.15, 0.2) is 0 Å². The van der Waals surface area contributed by atoms with Crippen LogP contribution in [0.2, 0.25) is 5.02 Å². The normalized spacial score (nSPS) is 19.2. The van der Waals surface area contributed by atoms with Gasteiger partial charge in [0.05, 0.1) is 38.1 Å². The second-order valence-electron chi connectivity index (χ2n) is 14.1. The molecule has 7 rings (SSSR count). The van der Waals surface area contributed by atoms with Gasteiger partial charge >= 0.3 is 0 Å². The summed E-state index contributed by atoms with van der Waals surface area (Å²) in [6.45, 7) is 5.88. The fourth-order valence-electron chi connectivity index (χ4n) is 7.10. The van der Waals surface area contributed by atoms with E-state index in [1.807, 2.05) is 97.1 Å². The van der Waals surface area contributed by atoms with Crippen molar-refractivity contribution in [2.45, 2.75) is 63.4 Å². The summed E-state index contributed by atoms with van der Waals surface area (Å²) in [6.07, 6.45) is -0.592. The zero-order valence-electron chi connectivity index (χ0n) is 32.0. The number of ether oxygens (including phenoxy) is 6. The van der Waals surface area contributed by atoms with E-state index >= 15 is 0 Å². The highest BCUT2D eigenvalue weighted by Crippen LogP contribution is 2.42. The van der Waals surface area contributed by atoms with Crippen LogP contribution in [0.25, 0.3) is 0 Å². The van der Waals surface area contributed by atoms with Crippen LogP contribution < -0.4 is 4.74 Å². The van der Waals surface area contributed by atoms with Crippen LogP contribution in [0, 0.1) is 0 Å². The summed E-state index contributed by atoms with van der Waals surface area (Å²) in [7, 11) is 0. The molecule has 1 aliphatic rings. The Balaban J connectivity index is 1.31.